The van der Waals surface area contributed by atoms with Gasteiger partial charge in [0.05, 0.1) is 24.0 Å². The van der Waals surface area contributed by atoms with Crippen molar-refractivity contribution >= 4 is 44.0 Å². The first kappa shape index (κ1) is 23.8. The van der Waals surface area contributed by atoms with Gasteiger partial charge in [0.2, 0.25) is 0 Å². The highest BCUT2D eigenvalue weighted by molar-refractivity contribution is 8.16. The molecule has 8 heteroatoms. The molecule has 2 aromatic carbocycles. The van der Waals surface area contributed by atoms with Crippen LogP contribution >= 0.6 is 11.8 Å². The van der Waals surface area contributed by atoms with Gasteiger partial charge in [0, 0.05) is 29.7 Å². The number of fused-ring (bicyclic) bond motifs is 1. The molecule has 0 aromatic heterocycles. The molecule has 0 aliphatic carbocycles. The number of amidine groups is 1. The minimum absolute atomic E-state index is 0.0904. The maximum absolute atomic E-state index is 12.8. The van der Waals surface area contributed by atoms with E-state index in [9.17, 15) is 13.2 Å². The van der Waals surface area contributed by atoms with Crippen molar-refractivity contribution in [3.63, 3.8) is 0 Å². The number of anilines is 2. The molecular weight excluding hydrogens is 454 g/mol. The summed E-state index contributed by atoms with van der Waals surface area (Å²) < 4.78 is 24.7. The number of carbonyl (C=O) groups excluding carboxylic acids is 1. The molecule has 0 spiro atoms. The Kier molecular flexibility index (Phi) is 6.86. The summed E-state index contributed by atoms with van der Waals surface area (Å²) in [6.07, 6.45) is 0.228. The van der Waals surface area contributed by atoms with Gasteiger partial charge in [0.1, 0.15) is 0 Å². The zero-order valence-electron chi connectivity index (χ0n) is 19.6. The van der Waals surface area contributed by atoms with Crippen molar-refractivity contribution in [2.24, 2.45) is 4.99 Å². The van der Waals surface area contributed by atoms with Crippen molar-refractivity contribution in [2.45, 2.75) is 45.4 Å². The van der Waals surface area contributed by atoms with Crippen molar-refractivity contribution in [1.82, 2.24) is 0 Å². The minimum Gasteiger partial charge on any atom is -0.372 e. The van der Waals surface area contributed by atoms with Gasteiger partial charge >= 0.3 is 0 Å². The second-order valence-corrected chi connectivity index (χ2v) is 12.1. The van der Waals surface area contributed by atoms with E-state index in [1.54, 1.807) is 0 Å². The Morgan fingerprint density at radius 2 is 1.79 bits per heavy atom. The van der Waals surface area contributed by atoms with Crippen molar-refractivity contribution in [3.05, 3.63) is 59.2 Å². The summed E-state index contributed by atoms with van der Waals surface area (Å²) in [5.41, 5.74) is 5.17. The van der Waals surface area contributed by atoms with Gasteiger partial charge in [0.15, 0.2) is 15.0 Å². The number of aliphatic imine (C=N–C) groups is 1. The standard InChI is InChI=1S/C25H31N3O3S2/c1-5-27(6-2)20-11-12-21(18(4)13-20)28-22-15-33(30,31)16-23(22)32-25(28)26-24(29)14-19-9-7-17(3)8-10-19/h7-13,22-23H,5-6,14-16H2,1-4H3/t22-,23-/m1/s1. The van der Waals surface area contributed by atoms with Gasteiger partial charge in [-0.3, -0.25) is 4.79 Å². The fourth-order valence-corrected chi connectivity index (χ4v) is 8.49. The molecule has 176 valence electrons. The molecule has 2 saturated heterocycles. The second kappa shape index (κ2) is 9.50. The zero-order valence-corrected chi connectivity index (χ0v) is 21.2. The Hall–Kier alpha value is -2.32. The number of thioether (sulfide) groups is 1. The van der Waals surface area contributed by atoms with Crippen LogP contribution in [-0.4, -0.2) is 55.4 Å². The van der Waals surface area contributed by atoms with E-state index in [1.165, 1.54) is 11.8 Å². The Morgan fingerprint density at radius 1 is 1.09 bits per heavy atom. The SMILES string of the molecule is CCN(CC)c1ccc(N2C(=NC(=O)Cc3ccc(C)cc3)S[C@@H]3CS(=O)(=O)C[C@H]32)c(C)c1. The first-order chi connectivity index (χ1) is 15.7. The monoisotopic (exact) mass is 485 g/mol. The van der Waals surface area contributed by atoms with Gasteiger partial charge in [-0.05, 0) is 57.0 Å². The minimum atomic E-state index is -3.10. The quantitative estimate of drug-likeness (QED) is 0.616. The van der Waals surface area contributed by atoms with Gasteiger partial charge in [0.25, 0.3) is 5.91 Å². The molecule has 0 N–H and O–H groups in total. The van der Waals surface area contributed by atoms with E-state index >= 15 is 0 Å². The highest BCUT2D eigenvalue weighted by Gasteiger charge is 2.49. The van der Waals surface area contributed by atoms with Crippen LogP contribution in [0.2, 0.25) is 0 Å². The zero-order chi connectivity index (χ0) is 23.8. The van der Waals surface area contributed by atoms with E-state index in [0.717, 1.165) is 41.2 Å². The van der Waals surface area contributed by atoms with Crippen LogP contribution in [0.25, 0.3) is 0 Å². The lowest BCUT2D eigenvalue weighted by Crippen LogP contribution is -2.38. The molecule has 2 aliphatic rings. The number of hydrogen-bond donors (Lipinski definition) is 0. The Labute approximate surface area is 201 Å². The van der Waals surface area contributed by atoms with E-state index in [2.05, 4.69) is 35.9 Å². The third-order valence-electron chi connectivity index (χ3n) is 6.33. The Bertz CT molecular complexity index is 1170. The van der Waals surface area contributed by atoms with E-state index in [0.29, 0.717) is 5.17 Å². The maximum atomic E-state index is 12.8. The number of hydrogen-bond acceptors (Lipinski definition) is 5. The van der Waals surface area contributed by atoms with Crippen LogP contribution < -0.4 is 9.80 Å². The maximum Gasteiger partial charge on any atom is 0.252 e. The van der Waals surface area contributed by atoms with E-state index in [-0.39, 0.29) is 35.1 Å². The summed E-state index contributed by atoms with van der Waals surface area (Å²) in [5, 5.41) is 0.499. The predicted octanol–water partition coefficient (Wildman–Crippen LogP) is 3.99. The summed E-state index contributed by atoms with van der Waals surface area (Å²) in [6.45, 7) is 10.1. The molecule has 2 aliphatic heterocycles. The van der Waals surface area contributed by atoms with Crippen LogP contribution in [0.1, 0.15) is 30.5 Å². The number of carbonyl (C=O) groups is 1. The first-order valence-electron chi connectivity index (χ1n) is 11.4. The van der Waals surface area contributed by atoms with Crippen LogP contribution in [0.5, 0.6) is 0 Å². The molecule has 2 heterocycles. The summed E-state index contributed by atoms with van der Waals surface area (Å²) >= 11 is 1.42. The van der Waals surface area contributed by atoms with Gasteiger partial charge in [-0.2, -0.15) is 4.99 Å². The normalized spacial score (nSPS) is 22.5. The third kappa shape index (κ3) is 5.11. The van der Waals surface area contributed by atoms with Crippen molar-refractivity contribution < 1.29 is 13.2 Å². The molecule has 2 atom stereocenters. The van der Waals surface area contributed by atoms with Crippen LogP contribution in [0, 0.1) is 13.8 Å². The molecule has 2 aromatic rings. The predicted molar refractivity (Wildman–Crippen MR) is 138 cm³/mol. The number of sulfone groups is 1. The molecule has 0 radical (unpaired) electrons. The largest absolute Gasteiger partial charge is 0.372 e. The molecule has 0 saturated carbocycles. The fourth-order valence-electron chi connectivity index (χ4n) is 4.57. The van der Waals surface area contributed by atoms with Crippen LogP contribution in [0.15, 0.2) is 47.5 Å². The summed E-state index contributed by atoms with van der Waals surface area (Å²) in [6, 6.07) is 13.9. The lowest BCUT2D eigenvalue weighted by molar-refractivity contribution is -0.117. The van der Waals surface area contributed by atoms with Crippen LogP contribution in [-0.2, 0) is 21.1 Å². The van der Waals surface area contributed by atoms with Gasteiger partial charge in [-0.15, -0.1) is 0 Å². The smallest absolute Gasteiger partial charge is 0.252 e. The van der Waals surface area contributed by atoms with Crippen molar-refractivity contribution in [3.8, 4) is 0 Å². The number of aryl methyl sites for hydroxylation is 2. The lowest BCUT2D eigenvalue weighted by Gasteiger charge is -2.28. The molecule has 0 unspecified atom stereocenters. The lowest BCUT2D eigenvalue weighted by atomic mass is 10.1. The van der Waals surface area contributed by atoms with E-state index in [1.807, 2.05) is 49.1 Å². The van der Waals surface area contributed by atoms with E-state index in [4.69, 9.17) is 0 Å². The third-order valence-corrected chi connectivity index (χ3v) is 9.54. The molecule has 1 amide bonds. The second-order valence-electron chi connectivity index (χ2n) is 8.76. The molecular formula is C25H31N3O3S2. The average molecular weight is 486 g/mol. The van der Waals surface area contributed by atoms with Crippen molar-refractivity contribution in [1.29, 1.82) is 0 Å². The molecule has 6 nitrogen and oxygen atoms in total. The first-order valence-corrected chi connectivity index (χ1v) is 14.1. The van der Waals surface area contributed by atoms with Gasteiger partial charge < -0.3 is 9.80 Å². The highest BCUT2D eigenvalue weighted by atomic mass is 32.2. The Balaban J connectivity index is 1.66. The average Bonchev–Trinajstić information content (AvgIpc) is 3.22. The highest BCUT2D eigenvalue weighted by Crippen LogP contribution is 2.42. The van der Waals surface area contributed by atoms with Crippen molar-refractivity contribution in [2.75, 3.05) is 34.4 Å². The van der Waals surface area contributed by atoms with Gasteiger partial charge in [-0.25, -0.2) is 8.42 Å². The molecule has 2 fully saturated rings. The van der Waals surface area contributed by atoms with E-state index < -0.39 is 9.84 Å². The number of nitrogens with zero attached hydrogens (tertiary/aromatic N) is 3. The summed E-state index contributed by atoms with van der Waals surface area (Å²) in [4.78, 5) is 21.6. The number of benzene rings is 2. The Morgan fingerprint density at radius 3 is 2.42 bits per heavy atom. The van der Waals surface area contributed by atoms with Crippen LogP contribution in [0.3, 0.4) is 0 Å². The number of amides is 1. The fraction of sp³-hybridized carbons (Fsp3) is 0.440. The molecule has 0 bridgehead atoms. The summed E-state index contributed by atoms with van der Waals surface area (Å²) in [5.74, 6) is -0.000180. The topological polar surface area (TPSA) is 70.0 Å². The van der Waals surface area contributed by atoms with Crippen LogP contribution in [0.4, 0.5) is 11.4 Å². The number of rotatable bonds is 6. The molecule has 33 heavy (non-hydrogen) atoms. The molecule has 4 rings (SSSR count). The summed E-state index contributed by atoms with van der Waals surface area (Å²) in [7, 11) is -3.10. The van der Waals surface area contributed by atoms with Gasteiger partial charge in [-0.1, -0.05) is 41.6 Å².